The van der Waals surface area contributed by atoms with Crippen LogP contribution in [-0.2, 0) is 0 Å². The fraction of sp³-hybridized carbons (Fsp3) is 1.00. The molecule has 1 rings (SSSR count). The van der Waals surface area contributed by atoms with Crippen LogP contribution >= 0.6 is 12.6 Å². The van der Waals surface area contributed by atoms with E-state index in [0.29, 0.717) is 5.41 Å². The van der Waals surface area contributed by atoms with Crippen LogP contribution in [0.3, 0.4) is 0 Å². The second kappa shape index (κ2) is 5.55. The van der Waals surface area contributed by atoms with Crippen LogP contribution in [0.15, 0.2) is 0 Å². The van der Waals surface area contributed by atoms with E-state index in [9.17, 15) is 0 Å². The van der Waals surface area contributed by atoms with Gasteiger partial charge in [0.25, 0.3) is 0 Å². The van der Waals surface area contributed by atoms with Crippen LogP contribution in [0.1, 0.15) is 26.7 Å². The zero-order valence-electron chi connectivity index (χ0n) is 10.7. The Kier molecular flexibility index (Phi) is 4.94. The molecular weight excluding hydrogens is 204 g/mol. The molecule has 1 atom stereocenters. The molecule has 1 fully saturated rings. The fourth-order valence-electron chi connectivity index (χ4n) is 2.41. The van der Waals surface area contributed by atoms with Crippen molar-refractivity contribution in [1.82, 2.24) is 9.80 Å². The Morgan fingerprint density at radius 1 is 1.47 bits per heavy atom. The third-order valence-electron chi connectivity index (χ3n) is 3.32. The van der Waals surface area contributed by atoms with Gasteiger partial charge in [0, 0.05) is 19.1 Å². The van der Waals surface area contributed by atoms with Crippen molar-refractivity contribution in [3.05, 3.63) is 0 Å². The summed E-state index contributed by atoms with van der Waals surface area (Å²) < 4.78 is 0. The predicted octanol–water partition coefficient (Wildman–Crippen LogP) is 1.97. The molecule has 0 aromatic carbocycles. The Balaban J connectivity index is 2.32. The first-order valence-corrected chi connectivity index (χ1v) is 6.57. The van der Waals surface area contributed by atoms with E-state index >= 15 is 0 Å². The summed E-state index contributed by atoms with van der Waals surface area (Å²) in [5.41, 5.74) is 0.328. The second-order valence-electron chi connectivity index (χ2n) is 5.80. The molecule has 0 amide bonds. The summed E-state index contributed by atoms with van der Waals surface area (Å²) in [5.74, 6) is 0.956. The van der Waals surface area contributed by atoms with Crippen molar-refractivity contribution in [3.8, 4) is 0 Å². The molecule has 0 aromatic heterocycles. The molecule has 0 bridgehead atoms. The number of likely N-dealkylation sites (N-methyl/N-ethyl adjacent to an activating group) is 2. The number of hydrogen-bond acceptors (Lipinski definition) is 3. The zero-order chi connectivity index (χ0) is 11.5. The second-order valence-corrected chi connectivity index (χ2v) is 6.11. The van der Waals surface area contributed by atoms with Crippen LogP contribution in [0, 0.1) is 5.41 Å². The standard InChI is InChI=1S/C12H26N2S/c1-12(2,10-15)9-13(3)8-11-6-5-7-14(11)4/h11,15H,5-10H2,1-4H3. The van der Waals surface area contributed by atoms with E-state index in [1.54, 1.807) is 0 Å². The SMILES string of the molecule is CN(CC1CCCN1C)CC(C)(C)CS. The summed E-state index contributed by atoms with van der Waals surface area (Å²) in [6.45, 7) is 8.19. The molecule has 1 heterocycles. The van der Waals surface area contributed by atoms with Gasteiger partial charge in [0.15, 0.2) is 0 Å². The highest BCUT2D eigenvalue weighted by molar-refractivity contribution is 7.80. The van der Waals surface area contributed by atoms with Crippen LogP contribution in [0.25, 0.3) is 0 Å². The smallest absolute Gasteiger partial charge is 0.0220 e. The molecule has 0 aromatic rings. The van der Waals surface area contributed by atoms with Crippen LogP contribution in [0.5, 0.6) is 0 Å². The first-order valence-electron chi connectivity index (χ1n) is 5.94. The maximum Gasteiger partial charge on any atom is 0.0220 e. The average Bonchev–Trinajstić information content (AvgIpc) is 2.51. The Labute approximate surface area is 100 Å². The van der Waals surface area contributed by atoms with Crippen LogP contribution in [0.2, 0.25) is 0 Å². The van der Waals surface area contributed by atoms with E-state index in [1.807, 2.05) is 0 Å². The zero-order valence-corrected chi connectivity index (χ0v) is 11.6. The molecule has 0 aliphatic carbocycles. The Hall–Kier alpha value is 0.270. The summed E-state index contributed by atoms with van der Waals surface area (Å²) in [6, 6.07) is 0.769. The van der Waals surface area contributed by atoms with Gasteiger partial charge in [-0.1, -0.05) is 13.8 Å². The van der Waals surface area contributed by atoms with E-state index in [2.05, 4.69) is 50.4 Å². The van der Waals surface area contributed by atoms with Gasteiger partial charge < -0.3 is 9.80 Å². The first kappa shape index (κ1) is 13.3. The molecule has 0 radical (unpaired) electrons. The Morgan fingerprint density at radius 2 is 2.13 bits per heavy atom. The molecule has 1 saturated heterocycles. The molecule has 0 N–H and O–H groups in total. The highest BCUT2D eigenvalue weighted by Gasteiger charge is 2.24. The number of rotatable bonds is 5. The number of hydrogen-bond donors (Lipinski definition) is 1. The Bertz CT molecular complexity index is 194. The summed E-state index contributed by atoms with van der Waals surface area (Å²) in [7, 11) is 4.48. The van der Waals surface area contributed by atoms with Crippen LogP contribution in [-0.4, -0.2) is 55.3 Å². The summed E-state index contributed by atoms with van der Waals surface area (Å²) in [4.78, 5) is 4.95. The minimum atomic E-state index is 0.328. The van der Waals surface area contributed by atoms with E-state index in [1.165, 1.54) is 25.9 Å². The summed E-state index contributed by atoms with van der Waals surface area (Å²) in [6.07, 6.45) is 2.73. The fourth-order valence-corrected chi connectivity index (χ4v) is 2.51. The normalized spacial score (nSPS) is 24.0. The lowest BCUT2D eigenvalue weighted by atomic mass is 9.95. The maximum absolute atomic E-state index is 4.41. The molecular formula is C12H26N2S. The van der Waals surface area contributed by atoms with E-state index in [0.717, 1.165) is 18.3 Å². The van der Waals surface area contributed by atoms with E-state index in [-0.39, 0.29) is 0 Å². The lowest BCUT2D eigenvalue weighted by Crippen LogP contribution is -2.41. The van der Waals surface area contributed by atoms with Crippen molar-refractivity contribution in [1.29, 1.82) is 0 Å². The largest absolute Gasteiger partial charge is 0.304 e. The molecule has 3 heteroatoms. The van der Waals surface area contributed by atoms with Crippen molar-refractivity contribution in [2.75, 3.05) is 39.5 Å². The highest BCUT2D eigenvalue weighted by Crippen LogP contribution is 2.20. The molecule has 90 valence electrons. The van der Waals surface area contributed by atoms with Crippen molar-refractivity contribution in [2.45, 2.75) is 32.7 Å². The van der Waals surface area contributed by atoms with Gasteiger partial charge in [-0.05, 0) is 44.6 Å². The van der Waals surface area contributed by atoms with Gasteiger partial charge in [0.2, 0.25) is 0 Å². The molecule has 1 aliphatic rings. The van der Waals surface area contributed by atoms with Crippen molar-refractivity contribution in [2.24, 2.45) is 5.41 Å². The third kappa shape index (κ3) is 4.33. The maximum atomic E-state index is 4.41. The third-order valence-corrected chi connectivity index (χ3v) is 4.18. The van der Waals surface area contributed by atoms with E-state index in [4.69, 9.17) is 0 Å². The minimum absolute atomic E-state index is 0.328. The van der Waals surface area contributed by atoms with Crippen molar-refractivity contribution < 1.29 is 0 Å². The highest BCUT2D eigenvalue weighted by atomic mass is 32.1. The topological polar surface area (TPSA) is 6.48 Å². The van der Waals surface area contributed by atoms with Crippen LogP contribution in [0.4, 0.5) is 0 Å². The molecule has 15 heavy (non-hydrogen) atoms. The van der Waals surface area contributed by atoms with Gasteiger partial charge in [-0.25, -0.2) is 0 Å². The summed E-state index contributed by atoms with van der Waals surface area (Å²) in [5, 5.41) is 0. The molecule has 1 aliphatic heterocycles. The van der Waals surface area contributed by atoms with Crippen LogP contribution < -0.4 is 0 Å². The van der Waals surface area contributed by atoms with Gasteiger partial charge in [-0.2, -0.15) is 12.6 Å². The average molecular weight is 230 g/mol. The van der Waals surface area contributed by atoms with Crippen molar-refractivity contribution in [3.63, 3.8) is 0 Å². The molecule has 0 spiro atoms. The van der Waals surface area contributed by atoms with E-state index < -0.39 is 0 Å². The monoisotopic (exact) mass is 230 g/mol. The lowest BCUT2D eigenvalue weighted by Gasteiger charge is -2.32. The molecule has 1 unspecified atom stereocenters. The predicted molar refractivity (Wildman–Crippen MR) is 70.8 cm³/mol. The van der Waals surface area contributed by atoms with Crippen molar-refractivity contribution >= 4 is 12.6 Å². The molecule has 2 nitrogen and oxygen atoms in total. The Morgan fingerprint density at radius 3 is 2.60 bits per heavy atom. The van der Waals surface area contributed by atoms with Gasteiger partial charge in [-0.3, -0.25) is 0 Å². The van der Waals surface area contributed by atoms with Gasteiger partial charge in [0.1, 0.15) is 0 Å². The lowest BCUT2D eigenvalue weighted by molar-refractivity contribution is 0.177. The van der Waals surface area contributed by atoms with Gasteiger partial charge in [0.05, 0.1) is 0 Å². The van der Waals surface area contributed by atoms with Gasteiger partial charge in [-0.15, -0.1) is 0 Å². The first-order chi connectivity index (χ1) is 6.94. The minimum Gasteiger partial charge on any atom is -0.304 e. The number of thiol groups is 1. The number of nitrogens with zero attached hydrogens (tertiary/aromatic N) is 2. The quantitative estimate of drug-likeness (QED) is 0.722. The van der Waals surface area contributed by atoms with Gasteiger partial charge >= 0.3 is 0 Å². The molecule has 0 saturated carbocycles. The summed E-state index contributed by atoms with van der Waals surface area (Å²) >= 11 is 4.41. The number of likely N-dealkylation sites (tertiary alicyclic amines) is 1.